The summed E-state index contributed by atoms with van der Waals surface area (Å²) in [6.45, 7) is 7.23. The molecular formula is C23H31N3O3. The molecule has 0 unspecified atom stereocenters. The molecule has 29 heavy (non-hydrogen) atoms. The Morgan fingerprint density at radius 3 is 2.62 bits per heavy atom. The highest BCUT2D eigenvalue weighted by atomic mass is 16.5. The number of nitrogens with one attached hydrogen (secondary N) is 1. The number of aromatic nitrogens is 2. The summed E-state index contributed by atoms with van der Waals surface area (Å²) in [5.74, 6) is 1.32. The highest BCUT2D eigenvalue weighted by Gasteiger charge is 2.23. The van der Waals surface area contributed by atoms with Gasteiger partial charge in [-0.15, -0.1) is 0 Å². The molecule has 6 heteroatoms. The molecule has 0 bridgehead atoms. The smallest absolute Gasteiger partial charge is 0.277 e. The van der Waals surface area contributed by atoms with Gasteiger partial charge in [0.1, 0.15) is 17.3 Å². The molecule has 0 aliphatic heterocycles. The summed E-state index contributed by atoms with van der Waals surface area (Å²) in [6, 6.07) is 3.79. The largest absolute Gasteiger partial charge is 0.496 e. The van der Waals surface area contributed by atoms with Gasteiger partial charge >= 0.3 is 0 Å². The highest BCUT2D eigenvalue weighted by Crippen LogP contribution is 2.35. The van der Waals surface area contributed by atoms with Crippen molar-refractivity contribution in [2.24, 2.45) is 0 Å². The van der Waals surface area contributed by atoms with E-state index in [-0.39, 0.29) is 11.3 Å². The lowest BCUT2D eigenvalue weighted by atomic mass is 9.88. The number of aryl methyl sites for hydroxylation is 2. The molecule has 3 rings (SSSR count). The maximum Gasteiger partial charge on any atom is 0.277 e. The maximum atomic E-state index is 13.2. The Balaban J connectivity index is 2.09. The van der Waals surface area contributed by atoms with Gasteiger partial charge in [0, 0.05) is 25.1 Å². The van der Waals surface area contributed by atoms with Crippen LogP contribution in [0.15, 0.2) is 16.9 Å². The van der Waals surface area contributed by atoms with E-state index in [0.717, 1.165) is 55.3 Å². The van der Waals surface area contributed by atoms with Crippen LogP contribution in [0.5, 0.6) is 5.75 Å². The lowest BCUT2D eigenvalue weighted by Crippen LogP contribution is -2.27. The molecule has 0 fully saturated rings. The number of methoxy groups -OCH3 is 1. The van der Waals surface area contributed by atoms with Gasteiger partial charge in [0.25, 0.3) is 5.56 Å². The van der Waals surface area contributed by atoms with Crippen LogP contribution in [0.3, 0.4) is 0 Å². The van der Waals surface area contributed by atoms with Crippen molar-refractivity contribution in [2.45, 2.75) is 65.8 Å². The molecule has 1 aromatic heterocycles. The van der Waals surface area contributed by atoms with Crippen molar-refractivity contribution < 1.29 is 9.53 Å². The summed E-state index contributed by atoms with van der Waals surface area (Å²) in [5.41, 5.74) is 3.69. The van der Waals surface area contributed by atoms with Crippen molar-refractivity contribution in [2.75, 3.05) is 19.0 Å². The molecule has 0 amide bonds. The fourth-order valence-corrected chi connectivity index (χ4v) is 3.96. The molecule has 0 atom stereocenters. The van der Waals surface area contributed by atoms with Crippen LogP contribution >= 0.6 is 0 Å². The Morgan fingerprint density at radius 2 is 1.93 bits per heavy atom. The Bertz CT molecular complexity index is 963. The molecule has 156 valence electrons. The number of Topliss-reactive ketones (excluding diaryl/α,β-unsaturated/α-hetero) is 1. The molecular weight excluding hydrogens is 366 g/mol. The van der Waals surface area contributed by atoms with Crippen LogP contribution in [0, 0.1) is 6.92 Å². The van der Waals surface area contributed by atoms with E-state index in [0.29, 0.717) is 35.9 Å². The zero-order valence-electron chi connectivity index (χ0n) is 17.9. The molecule has 1 aromatic carbocycles. The molecule has 1 heterocycles. The van der Waals surface area contributed by atoms with E-state index in [1.807, 2.05) is 26.0 Å². The summed E-state index contributed by atoms with van der Waals surface area (Å²) < 4.78 is 7.28. The number of anilines is 1. The number of hydrogen-bond acceptors (Lipinski definition) is 5. The minimum atomic E-state index is -0.0673. The van der Waals surface area contributed by atoms with E-state index >= 15 is 0 Å². The van der Waals surface area contributed by atoms with Crippen LogP contribution in [-0.4, -0.2) is 29.0 Å². The molecule has 0 saturated heterocycles. The highest BCUT2D eigenvalue weighted by molar-refractivity contribution is 5.99. The van der Waals surface area contributed by atoms with Gasteiger partial charge in [0.15, 0.2) is 5.78 Å². The van der Waals surface area contributed by atoms with Gasteiger partial charge in [-0.1, -0.05) is 19.8 Å². The summed E-state index contributed by atoms with van der Waals surface area (Å²) >= 11 is 0. The summed E-state index contributed by atoms with van der Waals surface area (Å²) in [7, 11) is 1.59. The van der Waals surface area contributed by atoms with E-state index in [2.05, 4.69) is 12.2 Å². The molecule has 1 aliphatic carbocycles. The number of ether oxygens (including phenoxy) is 1. The van der Waals surface area contributed by atoms with E-state index < -0.39 is 0 Å². The van der Waals surface area contributed by atoms with Gasteiger partial charge < -0.3 is 10.1 Å². The number of hydrogen-bond donors (Lipinski definition) is 1. The second-order valence-electron chi connectivity index (χ2n) is 7.57. The number of nitrogens with zero attached hydrogens (tertiary/aromatic N) is 2. The summed E-state index contributed by atoms with van der Waals surface area (Å²) in [6.07, 6.45) is 5.57. The van der Waals surface area contributed by atoms with Gasteiger partial charge in [0.05, 0.1) is 18.4 Å². The van der Waals surface area contributed by atoms with Crippen LogP contribution in [0.2, 0.25) is 0 Å². The maximum absolute atomic E-state index is 13.2. The quantitative estimate of drug-likeness (QED) is 0.670. The monoisotopic (exact) mass is 397 g/mol. The van der Waals surface area contributed by atoms with Crippen LogP contribution < -0.4 is 15.6 Å². The van der Waals surface area contributed by atoms with Crippen LogP contribution in [0.4, 0.5) is 5.69 Å². The predicted octanol–water partition coefficient (Wildman–Crippen LogP) is 4.37. The topological polar surface area (TPSA) is 73.2 Å². The van der Waals surface area contributed by atoms with Gasteiger partial charge in [-0.25, -0.2) is 4.98 Å². The predicted molar refractivity (Wildman–Crippen MR) is 116 cm³/mol. The Kier molecular flexibility index (Phi) is 6.72. The number of carbonyl (C=O) groups excluding carboxylic acids is 1. The Morgan fingerprint density at radius 1 is 1.14 bits per heavy atom. The van der Waals surface area contributed by atoms with Crippen molar-refractivity contribution >= 4 is 11.5 Å². The molecule has 1 aliphatic rings. The summed E-state index contributed by atoms with van der Waals surface area (Å²) in [4.78, 5) is 30.3. The van der Waals surface area contributed by atoms with Crippen molar-refractivity contribution in [1.82, 2.24) is 9.55 Å². The van der Waals surface area contributed by atoms with E-state index in [9.17, 15) is 9.59 Å². The number of carbonyl (C=O) groups is 1. The van der Waals surface area contributed by atoms with E-state index in [1.54, 1.807) is 11.7 Å². The first-order valence-corrected chi connectivity index (χ1v) is 10.6. The Labute approximate surface area is 172 Å². The van der Waals surface area contributed by atoms with Crippen LogP contribution in [0.25, 0.3) is 11.4 Å². The van der Waals surface area contributed by atoms with Gasteiger partial charge in [-0.05, 0) is 50.8 Å². The second kappa shape index (κ2) is 9.25. The van der Waals surface area contributed by atoms with Crippen molar-refractivity contribution in [3.8, 4) is 17.1 Å². The number of unbranched alkanes of at least 4 members (excludes halogenated alkanes) is 2. The average molecular weight is 398 g/mol. The number of ketones is 1. The molecule has 0 spiro atoms. The van der Waals surface area contributed by atoms with Crippen molar-refractivity contribution in [3.63, 3.8) is 0 Å². The third-order valence-electron chi connectivity index (χ3n) is 5.57. The minimum Gasteiger partial charge on any atom is -0.496 e. The standard InChI is InChI=1S/C23H31N3O3/c1-5-7-8-12-24-21-15(3)25-22(26(6-2)23(21)28)18-13-16-10-9-11-19(27)17(16)14-20(18)29-4/h13-14,24H,5-12H2,1-4H3. The van der Waals surface area contributed by atoms with Gasteiger partial charge in [-0.2, -0.15) is 0 Å². The zero-order chi connectivity index (χ0) is 21.0. The van der Waals surface area contributed by atoms with Gasteiger partial charge in [0.2, 0.25) is 0 Å². The van der Waals surface area contributed by atoms with Crippen molar-refractivity contribution in [3.05, 3.63) is 39.3 Å². The lowest BCUT2D eigenvalue weighted by Gasteiger charge is -2.21. The normalized spacial score (nSPS) is 13.3. The molecule has 0 radical (unpaired) electrons. The van der Waals surface area contributed by atoms with Crippen molar-refractivity contribution in [1.29, 1.82) is 0 Å². The van der Waals surface area contributed by atoms with Gasteiger partial charge in [-0.3, -0.25) is 14.2 Å². The molecule has 6 nitrogen and oxygen atoms in total. The number of rotatable bonds is 8. The second-order valence-corrected chi connectivity index (χ2v) is 7.57. The molecule has 2 aromatic rings. The molecule has 1 N–H and O–H groups in total. The number of benzene rings is 1. The first-order chi connectivity index (χ1) is 14.0. The average Bonchev–Trinajstić information content (AvgIpc) is 2.72. The zero-order valence-corrected chi connectivity index (χ0v) is 17.9. The first kappa shape index (κ1) is 21.1. The fourth-order valence-electron chi connectivity index (χ4n) is 3.96. The minimum absolute atomic E-state index is 0.0673. The fraction of sp³-hybridized carbons (Fsp3) is 0.522. The molecule has 0 saturated carbocycles. The summed E-state index contributed by atoms with van der Waals surface area (Å²) in [5, 5.41) is 3.28. The van der Waals surface area contributed by atoms with E-state index in [1.165, 1.54) is 0 Å². The van der Waals surface area contributed by atoms with Crippen LogP contribution in [0.1, 0.15) is 67.6 Å². The van der Waals surface area contributed by atoms with E-state index in [4.69, 9.17) is 9.72 Å². The Hall–Kier alpha value is -2.63. The third-order valence-corrected chi connectivity index (χ3v) is 5.57. The van der Waals surface area contributed by atoms with Crippen LogP contribution in [-0.2, 0) is 13.0 Å². The SMILES string of the molecule is CCCCCNc1c(C)nc(-c2cc3c(cc2OC)C(=O)CCC3)n(CC)c1=O. The number of fused-ring (bicyclic) bond motifs is 1. The lowest BCUT2D eigenvalue weighted by molar-refractivity contribution is 0.0972. The third kappa shape index (κ3) is 4.21. The first-order valence-electron chi connectivity index (χ1n) is 10.6.